The summed E-state index contributed by atoms with van der Waals surface area (Å²) in [5.74, 6) is -0.554. The Bertz CT molecular complexity index is 1060. The number of carbonyl (C=O) groups is 1. The molecule has 156 valence electrons. The molecule has 3 aromatic rings. The van der Waals surface area contributed by atoms with Crippen molar-refractivity contribution in [3.63, 3.8) is 0 Å². The Hall–Kier alpha value is -3.49. The molecule has 0 radical (unpaired) electrons. The zero-order valence-corrected chi connectivity index (χ0v) is 15.5. The van der Waals surface area contributed by atoms with Crippen molar-refractivity contribution in [1.29, 1.82) is 0 Å². The van der Waals surface area contributed by atoms with Crippen molar-refractivity contribution in [2.75, 3.05) is 6.67 Å². The Morgan fingerprint density at radius 1 is 1.07 bits per heavy atom. The Kier molecular flexibility index (Phi) is 6.29. The van der Waals surface area contributed by atoms with Gasteiger partial charge in [-0.3, -0.25) is 14.0 Å². The molecule has 0 saturated carbocycles. The van der Waals surface area contributed by atoms with E-state index in [-0.39, 0.29) is 17.9 Å². The first-order valence-electron chi connectivity index (χ1n) is 8.98. The molecule has 0 spiro atoms. The lowest BCUT2D eigenvalue weighted by molar-refractivity contribution is -0.137. The van der Waals surface area contributed by atoms with Gasteiger partial charge in [-0.2, -0.15) is 13.2 Å². The van der Waals surface area contributed by atoms with Crippen LogP contribution < -0.4 is 10.9 Å². The molecule has 0 fully saturated rings. The molecule has 0 saturated heterocycles. The van der Waals surface area contributed by atoms with Gasteiger partial charge in [0, 0.05) is 18.1 Å². The van der Waals surface area contributed by atoms with Crippen LogP contribution in [0, 0.1) is 0 Å². The number of carbonyl (C=O) groups excluding carboxylic acids is 1. The maximum absolute atomic E-state index is 13.0. The quantitative estimate of drug-likeness (QED) is 0.586. The van der Waals surface area contributed by atoms with Crippen LogP contribution >= 0.6 is 0 Å². The number of benzene rings is 2. The summed E-state index contributed by atoms with van der Waals surface area (Å²) in [5, 5.41) is 2.54. The molecule has 0 aliphatic carbocycles. The Morgan fingerprint density at radius 3 is 2.33 bits per heavy atom. The summed E-state index contributed by atoms with van der Waals surface area (Å²) in [6, 6.07) is 12.9. The Morgan fingerprint density at radius 2 is 1.73 bits per heavy atom. The summed E-state index contributed by atoms with van der Waals surface area (Å²) >= 11 is 0. The smallest absolute Gasteiger partial charge is 0.344 e. The van der Waals surface area contributed by atoms with Crippen molar-refractivity contribution in [3.8, 4) is 11.4 Å². The highest BCUT2D eigenvalue weighted by Gasteiger charge is 2.30. The van der Waals surface area contributed by atoms with E-state index in [1.54, 1.807) is 30.3 Å². The Balaban J connectivity index is 1.85. The van der Waals surface area contributed by atoms with Gasteiger partial charge in [-0.05, 0) is 17.7 Å². The molecular formula is C21H17F4N3O2. The van der Waals surface area contributed by atoms with E-state index in [0.29, 0.717) is 11.1 Å². The maximum atomic E-state index is 13.0. The number of nitrogens with one attached hydrogen (secondary N) is 2. The highest BCUT2D eigenvalue weighted by molar-refractivity contribution is 5.92. The predicted octanol–water partition coefficient (Wildman–Crippen LogP) is 4.29. The third-order valence-corrected chi connectivity index (χ3v) is 4.37. The minimum atomic E-state index is -4.50. The predicted molar refractivity (Wildman–Crippen MR) is 103 cm³/mol. The van der Waals surface area contributed by atoms with Crippen LogP contribution in [0.2, 0.25) is 0 Å². The lowest BCUT2D eigenvalue weighted by atomic mass is 10.0. The summed E-state index contributed by atoms with van der Waals surface area (Å²) in [5.41, 5.74) is -0.686. The lowest BCUT2D eigenvalue weighted by Gasteiger charge is -2.18. The highest BCUT2D eigenvalue weighted by Crippen LogP contribution is 2.30. The second-order valence-corrected chi connectivity index (χ2v) is 6.47. The first-order valence-corrected chi connectivity index (χ1v) is 8.98. The van der Waals surface area contributed by atoms with Crippen molar-refractivity contribution in [3.05, 3.63) is 87.8 Å². The number of aromatic nitrogens is 2. The van der Waals surface area contributed by atoms with Crippen LogP contribution in [0.5, 0.6) is 0 Å². The van der Waals surface area contributed by atoms with Gasteiger partial charge in [0.2, 0.25) is 0 Å². The molecule has 0 unspecified atom stereocenters. The molecular weight excluding hydrogens is 402 g/mol. The van der Waals surface area contributed by atoms with E-state index in [4.69, 9.17) is 0 Å². The summed E-state index contributed by atoms with van der Waals surface area (Å²) in [7, 11) is 0. The second kappa shape index (κ2) is 8.89. The van der Waals surface area contributed by atoms with Crippen LogP contribution in [0.3, 0.4) is 0 Å². The van der Waals surface area contributed by atoms with Crippen molar-refractivity contribution in [1.82, 2.24) is 15.3 Å². The van der Waals surface area contributed by atoms with E-state index < -0.39 is 35.9 Å². The van der Waals surface area contributed by atoms with Gasteiger partial charge in [-0.15, -0.1) is 0 Å². The molecule has 1 heterocycles. The molecule has 3 rings (SSSR count). The zero-order chi connectivity index (χ0) is 21.7. The number of nitrogens with zero attached hydrogens (tertiary/aromatic N) is 1. The van der Waals surface area contributed by atoms with Gasteiger partial charge in [0.15, 0.2) is 0 Å². The standard InChI is InChI=1S/C21H17F4N3O2/c22-11-10-16(13-6-8-15(9-7-13)21(23,24)25)27-20(30)17-12-18(29)28-19(26-17)14-4-2-1-3-5-14/h1-9,12,16H,10-11H2,(H,27,30)(H,26,28,29)/t16-/m0/s1. The minimum absolute atomic E-state index is 0.147. The molecule has 1 atom stereocenters. The van der Waals surface area contributed by atoms with E-state index in [9.17, 15) is 27.2 Å². The number of H-pyrrole nitrogens is 1. The monoisotopic (exact) mass is 419 g/mol. The summed E-state index contributed by atoms with van der Waals surface area (Å²) in [4.78, 5) is 31.3. The molecule has 5 nitrogen and oxygen atoms in total. The van der Waals surface area contributed by atoms with Crippen molar-refractivity contribution < 1.29 is 22.4 Å². The number of amides is 1. The fourth-order valence-electron chi connectivity index (χ4n) is 2.87. The molecule has 0 aliphatic rings. The number of halogens is 4. The van der Waals surface area contributed by atoms with Crippen LogP contribution in [0.25, 0.3) is 11.4 Å². The van der Waals surface area contributed by atoms with Gasteiger partial charge >= 0.3 is 6.18 Å². The van der Waals surface area contributed by atoms with Crippen molar-refractivity contribution in [2.24, 2.45) is 0 Å². The minimum Gasteiger partial charge on any atom is -0.344 e. The summed E-state index contributed by atoms with van der Waals surface area (Å²) in [6.45, 7) is -0.802. The van der Waals surface area contributed by atoms with Gasteiger partial charge in [-0.1, -0.05) is 42.5 Å². The fraction of sp³-hybridized carbons (Fsp3) is 0.190. The maximum Gasteiger partial charge on any atom is 0.416 e. The van der Waals surface area contributed by atoms with Crippen LogP contribution in [0.1, 0.15) is 34.1 Å². The molecule has 0 bridgehead atoms. The van der Waals surface area contributed by atoms with Crippen LogP contribution in [-0.4, -0.2) is 22.5 Å². The van der Waals surface area contributed by atoms with Crippen molar-refractivity contribution in [2.45, 2.75) is 18.6 Å². The Labute approximate surface area is 168 Å². The summed E-state index contributed by atoms with van der Waals surface area (Å²) in [6.07, 6.45) is -4.65. The number of rotatable bonds is 6. The van der Waals surface area contributed by atoms with E-state index in [0.717, 1.165) is 18.2 Å². The molecule has 0 aliphatic heterocycles. The zero-order valence-electron chi connectivity index (χ0n) is 15.5. The van der Waals surface area contributed by atoms with Gasteiger partial charge < -0.3 is 10.3 Å². The van der Waals surface area contributed by atoms with Crippen LogP contribution in [0.4, 0.5) is 17.6 Å². The first-order chi connectivity index (χ1) is 14.3. The molecule has 2 aromatic carbocycles. The van der Waals surface area contributed by atoms with Gasteiger partial charge in [0.1, 0.15) is 11.5 Å². The third-order valence-electron chi connectivity index (χ3n) is 4.37. The average molecular weight is 419 g/mol. The van der Waals surface area contributed by atoms with Gasteiger partial charge in [0.05, 0.1) is 18.3 Å². The molecule has 30 heavy (non-hydrogen) atoms. The van der Waals surface area contributed by atoms with E-state index in [1.807, 2.05) is 0 Å². The van der Waals surface area contributed by atoms with E-state index in [1.165, 1.54) is 12.1 Å². The highest BCUT2D eigenvalue weighted by atomic mass is 19.4. The van der Waals surface area contributed by atoms with Crippen molar-refractivity contribution >= 4 is 5.91 Å². The number of hydrogen-bond acceptors (Lipinski definition) is 3. The number of hydrogen-bond donors (Lipinski definition) is 2. The van der Waals surface area contributed by atoms with E-state index in [2.05, 4.69) is 15.3 Å². The average Bonchev–Trinajstić information content (AvgIpc) is 2.73. The topological polar surface area (TPSA) is 74.8 Å². The normalized spacial score (nSPS) is 12.4. The molecule has 1 amide bonds. The second-order valence-electron chi connectivity index (χ2n) is 6.47. The first kappa shape index (κ1) is 21.2. The van der Waals surface area contributed by atoms with E-state index >= 15 is 0 Å². The number of alkyl halides is 4. The lowest BCUT2D eigenvalue weighted by Crippen LogP contribution is -2.31. The van der Waals surface area contributed by atoms with Crippen LogP contribution in [-0.2, 0) is 6.18 Å². The summed E-state index contributed by atoms with van der Waals surface area (Å²) < 4.78 is 51.2. The molecule has 2 N–H and O–H groups in total. The van der Waals surface area contributed by atoms with Gasteiger partial charge in [0.25, 0.3) is 11.5 Å². The molecule has 9 heteroatoms. The largest absolute Gasteiger partial charge is 0.416 e. The van der Waals surface area contributed by atoms with Crippen LogP contribution in [0.15, 0.2) is 65.5 Å². The third kappa shape index (κ3) is 5.11. The fourth-order valence-corrected chi connectivity index (χ4v) is 2.87. The SMILES string of the molecule is O=C(N[C@@H](CCF)c1ccc(C(F)(F)F)cc1)c1cc(=O)[nH]c(-c2ccccc2)n1. The molecule has 1 aromatic heterocycles. The van der Waals surface area contributed by atoms with Gasteiger partial charge in [-0.25, -0.2) is 4.98 Å². The number of aromatic amines is 1.